The second-order valence-corrected chi connectivity index (χ2v) is 3.67. The zero-order chi connectivity index (χ0) is 9.97. The average molecular weight is 193 g/mol. The fourth-order valence-corrected chi connectivity index (χ4v) is 1.29. The Morgan fingerprint density at radius 3 is 3.07 bits per heavy atom. The summed E-state index contributed by atoms with van der Waals surface area (Å²) in [5, 5.41) is 4.16. The molecular formula is C9H15N5. The average Bonchev–Trinajstić information content (AvgIpc) is 2.92. The molecule has 0 aromatic carbocycles. The van der Waals surface area contributed by atoms with Gasteiger partial charge in [-0.3, -0.25) is 9.67 Å². The standard InChI is InChI=1S/C9H15N5/c1-14-6-12-8(13-14)4-5-11-9(10)7-2-3-7/h6-7H,2-5H2,1H3,(H2,10,11). The van der Waals surface area contributed by atoms with Crippen LogP contribution in [0.3, 0.4) is 0 Å². The van der Waals surface area contributed by atoms with Crippen molar-refractivity contribution in [3.63, 3.8) is 0 Å². The van der Waals surface area contributed by atoms with Crippen molar-refractivity contribution in [1.29, 1.82) is 0 Å². The topological polar surface area (TPSA) is 69.1 Å². The van der Waals surface area contributed by atoms with Crippen molar-refractivity contribution in [3.05, 3.63) is 12.2 Å². The van der Waals surface area contributed by atoms with Gasteiger partial charge in [0.1, 0.15) is 6.33 Å². The maximum Gasteiger partial charge on any atom is 0.152 e. The lowest BCUT2D eigenvalue weighted by Crippen LogP contribution is -2.15. The fourth-order valence-electron chi connectivity index (χ4n) is 1.29. The smallest absolute Gasteiger partial charge is 0.152 e. The summed E-state index contributed by atoms with van der Waals surface area (Å²) in [6.07, 6.45) is 4.88. The van der Waals surface area contributed by atoms with Crippen molar-refractivity contribution in [2.75, 3.05) is 6.54 Å². The van der Waals surface area contributed by atoms with Gasteiger partial charge < -0.3 is 5.73 Å². The van der Waals surface area contributed by atoms with Crippen molar-refractivity contribution in [2.24, 2.45) is 23.7 Å². The van der Waals surface area contributed by atoms with Crippen LogP contribution in [0.4, 0.5) is 0 Å². The molecule has 0 amide bonds. The first-order valence-corrected chi connectivity index (χ1v) is 4.90. The van der Waals surface area contributed by atoms with Gasteiger partial charge in [-0.2, -0.15) is 5.10 Å². The molecule has 5 nitrogen and oxygen atoms in total. The lowest BCUT2D eigenvalue weighted by Gasteiger charge is -1.95. The zero-order valence-corrected chi connectivity index (χ0v) is 8.35. The minimum atomic E-state index is 0.562. The van der Waals surface area contributed by atoms with Crippen LogP contribution in [-0.2, 0) is 13.5 Å². The van der Waals surface area contributed by atoms with E-state index in [0.717, 1.165) is 18.1 Å². The van der Waals surface area contributed by atoms with Crippen molar-refractivity contribution in [3.8, 4) is 0 Å². The first-order valence-electron chi connectivity index (χ1n) is 4.90. The molecule has 1 heterocycles. The number of rotatable bonds is 4. The summed E-state index contributed by atoms with van der Waals surface area (Å²) >= 11 is 0. The third-order valence-electron chi connectivity index (χ3n) is 2.27. The van der Waals surface area contributed by atoms with E-state index in [1.54, 1.807) is 11.0 Å². The molecule has 0 radical (unpaired) electrons. The summed E-state index contributed by atoms with van der Waals surface area (Å²) in [7, 11) is 1.86. The lowest BCUT2D eigenvalue weighted by molar-refractivity contribution is 0.738. The normalized spacial score (nSPS) is 17.4. The highest BCUT2D eigenvalue weighted by molar-refractivity contribution is 5.84. The van der Waals surface area contributed by atoms with Gasteiger partial charge in [-0.05, 0) is 12.8 Å². The number of nitrogens with two attached hydrogens (primary N) is 1. The van der Waals surface area contributed by atoms with Crippen molar-refractivity contribution in [1.82, 2.24) is 14.8 Å². The Morgan fingerprint density at radius 2 is 2.50 bits per heavy atom. The molecule has 0 aliphatic heterocycles. The molecule has 0 spiro atoms. The molecular weight excluding hydrogens is 178 g/mol. The minimum absolute atomic E-state index is 0.562. The van der Waals surface area contributed by atoms with Crippen LogP contribution >= 0.6 is 0 Å². The lowest BCUT2D eigenvalue weighted by atomic mass is 10.4. The van der Waals surface area contributed by atoms with Crippen molar-refractivity contribution < 1.29 is 0 Å². The van der Waals surface area contributed by atoms with Crippen LogP contribution in [0.1, 0.15) is 18.7 Å². The van der Waals surface area contributed by atoms with E-state index in [9.17, 15) is 0 Å². The van der Waals surface area contributed by atoms with E-state index in [4.69, 9.17) is 5.73 Å². The van der Waals surface area contributed by atoms with E-state index in [2.05, 4.69) is 15.1 Å². The van der Waals surface area contributed by atoms with Gasteiger partial charge in [-0.1, -0.05) is 0 Å². The van der Waals surface area contributed by atoms with Crippen LogP contribution in [0.2, 0.25) is 0 Å². The number of hydrogen-bond donors (Lipinski definition) is 1. The van der Waals surface area contributed by atoms with Crippen molar-refractivity contribution >= 4 is 5.84 Å². The number of aryl methyl sites for hydroxylation is 1. The zero-order valence-electron chi connectivity index (χ0n) is 8.35. The first-order chi connectivity index (χ1) is 6.75. The van der Waals surface area contributed by atoms with Gasteiger partial charge >= 0.3 is 0 Å². The second-order valence-electron chi connectivity index (χ2n) is 3.67. The fraction of sp³-hybridized carbons (Fsp3) is 0.667. The van der Waals surface area contributed by atoms with Crippen LogP contribution in [0.15, 0.2) is 11.3 Å². The van der Waals surface area contributed by atoms with Crippen LogP contribution in [0, 0.1) is 5.92 Å². The highest BCUT2D eigenvalue weighted by Gasteiger charge is 2.24. The molecule has 2 rings (SSSR count). The van der Waals surface area contributed by atoms with E-state index in [-0.39, 0.29) is 0 Å². The van der Waals surface area contributed by atoms with Gasteiger partial charge in [0.05, 0.1) is 5.84 Å². The summed E-state index contributed by atoms with van der Waals surface area (Å²) in [4.78, 5) is 8.41. The SMILES string of the molecule is Cn1cnc(CCN=C(N)C2CC2)n1. The molecule has 1 aromatic rings. The van der Waals surface area contributed by atoms with E-state index in [0.29, 0.717) is 12.5 Å². The summed E-state index contributed by atoms with van der Waals surface area (Å²) in [5.74, 6) is 2.20. The van der Waals surface area contributed by atoms with E-state index in [1.165, 1.54) is 12.8 Å². The van der Waals surface area contributed by atoms with Gasteiger partial charge in [0.25, 0.3) is 0 Å². The summed E-state index contributed by atoms with van der Waals surface area (Å²) in [6.45, 7) is 0.701. The maximum absolute atomic E-state index is 5.75. The molecule has 1 aliphatic rings. The van der Waals surface area contributed by atoms with E-state index >= 15 is 0 Å². The molecule has 1 saturated carbocycles. The van der Waals surface area contributed by atoms with Gasteiger partial charge in [0.2, 0.25) is 0 Å². The number of aliphatic imine (C=N–C) groups is 1. The summed E-state index contributed by atoms with van der Waals surface area (Å²) in [6, 6.07) is 0. The summed E-state index contributed by atoms with van der Waals surface area (Å²) < 4.78 is 1.70. The van der Waals surface area contributed by atoms with Crippen molar-refractivity contribution in [2.45, 2.75) is 19.3 Å². The monoisotopic (exact) mass is 193 g/mol. The van der Waals surface area contributed by atoms with Crippen LogP contribution in [0.25, 0.3) is 0 Å². The number of hydrogen-bond acceptors (Lipinski definition) is 3. The minimum Gasteiger partial charge on any atom is -0.387 e. The molecule has 1 fully saturated rings. The molecule has 0 atom stereocenters. The number of aromatic nitrogens is 3. The van der Waals surface area contributed by atoms with Gasteiger partial charge in [0.15, 0.2) is 5.82 Å². The van der Waals surface area contributed by atoms with E-state index < -0.39 is 0 Å². The molecule has 2 N–H and O–H groups in total. The Morgan fingerprint density at radius 1 is 1.71 bits per heavy atom. The highest BCUT2D eigenvalue weighted by Crippen LogP contribution is 2.28. The Kier molecular flexibility index (Phi) is 2.47. The molecule has 1 aromatic heterocycles. The third kappa shape index (κ3) is 2.31. The molecule has 0 bridgehead atoms. The Hall–Kier alpha value is -1.39. The van der Waals surface area contributed by atoms with Crippen LogP contribution < -0.4 is 5.73 Å². The Bertz CT molecular complexity index is 337. The highest BCUT2D eigenvalue weighted by atomic mass is 15.3. The molecule has 0 saturated heterocycles. The van der Waals surface area contributed by atoms with E-state index in [1.807, 2.05) is 7.05 Å². The molecule has 1 aliphatic carbocycles. The van der Waals surface area contributed by atoms with Crippen LogP contribution in [0.5, 0.6) is 0 Å². The second kappa shape index (κ2) is 3.77. The van der Waals surface area contributed by atoms with Gasteiger partial charge in [-0.15, -0.1) is 0 Å². The Balaban J connectivity index is 1.79. The largest absolute Gasteiger partial charge is 0.387 e. The molecule has 0 unspecified atom stereocenters. The molecule has 14 heavy (non-hydrogen) atoms. The van der Waals surface area contributed by atoms with Crippen LogP contribution in [-0.4, -0.2) is 27.1 Å². The maximum atomic E-state index is 5.75. The van der Waals surface area contributed by atoms with Gasteiger partial charge in [0, 0.05) is 25.9 Å². The first kappa shape index (κ1) is 9.18. The third-order valence-corrected chi connectivity index (χ3v) is 2.27. The molecule has 5 heteroatoms. The number of nitrogens with zero attached hydrogens (tertiary/aromatic N) is 4. The predicted octanol–water partition coefficient (Wildman–Crippen LogP) is 0.125. The Labute approximate surface area is 83.0 Å². The quantitative estimate of drug-likeness (QED) is 0.545. The summed E-state index contributed by atoms with van der Waals surface area (Å²) in [5.41, 5.74) is 5.75. The van der Waals surface area contributed by atoms with Gasteiger partial charge in [-0.25, -0.2) is 4.98 Å². The molecule has 76 valence electrons. The number of amidine groups is 1. The predicted molar refractivity (Wildman–Crippen MR) is 53.9 cm³/mol.